The van der Waals surface area contributed by atoms with Crippen molar-refractivity contribution in [1.29, 1.82) is 0 Å². The van der Waals surface area contributed by atoms with E-state index in [0.29, 0.717) is 6.04 Å². The summed E-state index contributed by atoms with van der Waals surface area (Å²) in [4.78, 5) is 16.3. The highest BCUT2D eigenvalue weighted by molar-refractivity contribution is 5.81. The molecule has 0 bridgehead atoms. The molecule has 92 valence electrons. The summed E-state index contributed by atoms with van der Waals surface area (Å²) >= 11 is 0. The third-order valence-electron chi connectivity index (χ3n) is 3.75. The fourth-order valence-corrected chi connectivity index (χ4v) is 2.85. The maximum Gasteiger partial charge on any atom is 0.239 e. The lowest BCUT2D eigenvalue weighted by Gasteiger charge is -2.38. The quantitative estimate of drug-likeness (QED) is 0.741. The van der Waals surface area contributed by atoms with Crippen molar-refractivity contribution in [2.75, 3.05) is 26.2 Å². The second kappa shape index (κ2) is 5.15. The Kier molecular flexibility index (Phi) is 3.82. The molecule has 2 rings (SSSR count). The van der Waals surface area contributed by atoms with Gasteiger partial charge in [-0.05, 0) is 45.7 Å². The molecule has 1 amide bonds. The molecule has 0 aliphatic carbocycles. The zero-order chi connectivity index (χ0) is 11.5. The van der Waals surface area contributed by atoms with Gasteiger partial charge in [0.15, 0.2) is 0 Å². The van der Waals surface area contributed by atoms with Gasteiger partial charge in [-0.15, -0.1) is 0 Å². The van der Waals surface area contributed by atoms with Gasteiger partial charge >= 0.3 is 0 Å². The van der Waals surface area contributed by atoms with Crippen LogP contribution in [0.4, 0.5) is 0 Å². The largest absolute Gasteiger partial charge is 0.340 e. The van der Waals surface area contributed by atoms with Crippen LogP contribution in [0.25, 0.3) is 0 Å². The molecule has 4 nitrogen and oxygen atoms in total. The first-order valence-corrected chi connectivity index (χ1v) is 6.47. The van der Waals surface area contributed by atoms with Crippen molar-refractivity contribution in [3.63, 3.8) is 0 Å². The van der Waals surface area contributed by atoms with Crippen molar-refractivity contribution in [3.05, 3.63) is 0 Å². The van der Waals surface area contributed by atoms with Crippen LogP contribution >= 0.6 is 0 Å². The Hall–Kier alpha value is -0.610. The Bertz CT molecular complexity index is 249. The maximum absolute atomic E-state index is 11.8. The van der Waals surface area contributed by atoms with Gasteiger partial charge in [-0.1, -0.05) is 0 Å². The minimum Gasteiger partial charge on any atom is -0.340 e. The lowest BCUT2D eigenvalue weighted by atomic mass is 10.0. The summed E-state index contributed by atoms with van der Waals surface area (Å²) in [6, 6.07) is 0.233. The predicted molar refractivity (Wildman–Crippen MR) is 64.1 cm³/mol. The van der Waals surface area contributed by atoms with Crippen LogP contribution in [-0.2, 0) is 4.79 Å². The Balaban J connectivity index is 1.90. The highest BCUT2D eigenvalue weighted by Gasteiger charge is 2.29. The highest BCUT2D eigenvalue weighted by Crippen LogP contribution is 2.20. The summed E-state index contributed by atoms with van der Waals surface area (Å²) in [5, 5.41) is 0. The number of piperidine rings is 1. The lowest BCUT2D eigenvalue weighted by molar-refractivity contribution is -0.134. The third-order valence-corrected chi connectivity index (χ3v) is 3.75. The minimum atomic E-state index is -0.350. The van der Waals surface area contributed by atoms with Gasteiger partial charge in [0.25, 0.3) is 0 Å². The number of hydrogen-bond donors (Lipinski definition) is 1. The molecule has 2 aliphatic rings. The molecule has 0 aromatic heterocycles. The van der Waals surface area contributed by atoms with E-state index in [1.807, 2.05) is 4.90 Å². The van der Waals surface area contributed by atoms with Crippen molar-refractivity contribution in [2.24, 2.45) is 5.73 Å². The molecule has 2 heterocycles. The molecule has 16 heavy (non-hydrogen) atoms. The molecule has 0 spiro atoms. The fourth-order valence-electron chi connectivity index (χ4n) is 2.85. The van der Waals surface area contributed by atoms with E-state index in [0.717, 1.165) is 19.5 Å². The second-order valence-corrected chi connectivity index (χ2v) is 5.11. The first-order valence-electron chi connectivity index (χ1n) is 6.47. The number of carbonyl (C=O) groups is 1. The van der Waals surface area contributed by atoms with E-state index in [-0.39, 0.29) is 11.9 Å². The number of amides is 1. The van der Waals surface area contributed by atoms with Crippen LogP contribution in [-0.4, -0.2) is 54.0 Å². The average molecular weight is 225 g/mol. The standard InChI is InChI=1S/C12H23N3O/c1-10(13)12(16)15-8-4-5-11(9-15)14-6-2-3-7-14/h10-11H,2-9,13H2,1H3. The van der Waals surface area contributed by atoms with Gasteiger partial charge < -0.3 is 10.6 Å². The number of likely N-dealkylation sites (tertiary alicyclic amines) is 2. The topological polar surface area (TPSA) is 49.6 Å². The molecular weight excluding hydrogens is 202 g/mol. The first kappa shape index (κ1) is 11.9. The minimum absolute atomic E-state index is 0.115. The van der Waals surface area contributed by atoms with E-state index in [1.54, 1.807) is 6.92 Å². The van der Waals surface area contributed by atoms with Gasteiger partial charge in [0.1, 0.15) is 0 Å². The number of hydrogen-bond acceptors (Lipinski definition) is 3. The lowest BCUT2D eigenvalue weighted by Crippen LogP contribution is -2.52. The van der Waals surface area contributed by atoms with E-state index in [2.05, 4.69) is 4.90 Å². The van der Waals surface area contributed by atoms with Crippen LogP contribution in [0.5, 0.6) is 0 Å². The third kappa shape index (κ3) is 2.55. The maximum atomic E-state index is 11.8. The molecule has 0 saturated carbocycles. The van der Waals surface area contributed by atoms with Crippen molar-refractivity contribution in [2.45, 2.75) is 44.7 Å². The zero-order valence-electron chi connectivity index (χ0n) is 10.2. The van der Waals surface area contributed by atoms with Crippen molar-refractivity contribution in [3.8, 4) is 0 Å². The van der Waals surface area contributed by atoms with Crippen molar-refractivity contribution < 1.29 is 4.79 Å². The van der Waals surface area contributed by atoms with E-state index < -0.39 is 0 Å². The molecular formula is C12H23N3O. The van der Waals surface area contributed by atoms with Gasteiger partial charge in [-0.2, -0.15) is 0 Å². The highest BCUT2D eigenvalue weighted by atomic mass is 16.2. The zero-order valence-corrected chi connectivity index (χ0v) is 10.2. The molecule has 2 aliphatic heterocycles. The summed E-state index contributed by atoms with van der Waals surface area (Å²) in [7, 11) is 0. The monoisotopic (exact) mass is 225 g/mol. The summed E-state index contributed by atoms with van der Waals surface area (Å²) in [6.07, 6.45) is 5.00. The summed E-state index contributed by atoms with van der Waals surface area (Å²) in [5.41, 5.74) is 5.66. The summed E-state index contributed by atoms with van der Waals surface area (Å²) < 4.78 is 0. The molecule has 2 saturated heterocycles. The molecule has 0 radical (unpaired) electrons. The second-order valence-electron chi connectivity index (χ2n) is 5.11. The molecule has 2 unspecified atom stereocenters. The van der Waals surface area contributed by atoms with Crippen LogP contribution < -0.4 is 5.73 Å². The number of nitrogens with zero attached hydrogens (tertiary/aromatic N) is 2. The van der Waals surface area contributed by atoms with Crippen LogP contribution in [0, 0.1) is 0 Å². The Morgan fingerprint density at radius 3 is 2.56 bits per heavy atom. The number of rotatable bonds is 2. The summed E-state index contributed by atoms with van der Waals surface area (Å²) in [5.74, 6) is 0.115. The molecule has 2 atom stereocenters. The molecule has 2 fully saturated rings. The van der Waals surface area contributed by atoms with Gasteiger partial charge in [0.05, 0.1) is 6.04 Å². The van der Waals surface area contributed by atoms with Gasteiger partial charge in [-0.3, -0.25) is 9.69 Å². The van der Waals surface area contributed by atoms with E-state index >= 15 is 0 Å². The SMILES string of the molecule is CC(N)C(=O)N1CCCC(N2CCCC2)C1. The number of carbonyl (C=O) groups excluding carboxylic acids is 1. The predicted octanol–water partition coefficient (Wildman–Crippen LogP) is 0.420. The van der Waals surface area contributed by atoms with Crippen LogP contribution in [0.1, 0.15) is 32.6 Å². The molecule has 2 N–H and O–H groups in total. The molecule has 0 aromatic rings. The van der Waals surface area contributed by atoms with E-state index in [1.165, 1.54) is 32.4 Å². The molecule has 4 heteroatoms. The Morgan fingerprint density at radius 2 is 1.94 bits per heavy atom. The van der Waals surface area contributed by atoms with Gasteiger partial charge in [-0.25, -0.2) is 0 Å². The summed E-state index contributed by atoms with van der Waals surface area (Å²) in [6.45, 7) is 5.99. The normalized spacial score (nSPS) is 29.4. The fraction of sp³-hybridized carbons (Fsp3) is 0.917. The Labute approximate surface area is 97.8 Å². The Morgan fingerprint density at radius 1 is 1.25 bits per heavy atom. The van der Waals surface area contributed by atoms with E-state index in [4.69, 9.17) is 5.73 Å². The van der Waals surface area contributed by atoms with Crippen LogP contribution in [0.2, 0.25) is 0 Å². The average Bonchev–Trinajstić information content (AvgIpc) is 2.81. The van der Waals surface area contributed by atoms with E-state index in [9.17, 15) is 4.79 Å². The van der Waals surface area contributed by atoms with Crippen molar-refractivity contribution in [1.82, 2.24) is 9.80 Å². The molecule has 0 aromatic carbocycles. The van der Waals surface area contributed by atoms with Crippen molar-refractivity contribution >= 4 is 5.91 Å². The van der Waals surface area contributed by atoms with Gasteiger partial charge in [0.2, 0.25) is 5.91 Å². The van der Waals surface area contributed by atoms with Gasteiger partial charge in [0, 0.05) is 19.1 Å². The first-order chi connectivity index (χ1) is 7.68. The number of nitrogens with two attached hydrogens (primary N) is 1. The smallest absolute Gasteiger partial charge is 0.239 e. The van der Waals surface area contributed by atoms with Crippen LogP contribution in [0.3, 0.4) is 0 Å². The van der Waals surface area contributed by atoms with Crippen LogP contribution in [0.15, 0.2) is 0 Å².